The molecule has 12 rings (SSSR count). The Kier molecular flexibility index (Phi) is 30.7. The van der Waals surface area contributed by atoms with Crippen LogP contribution in [0.15, 0.2) is 188 Å². The molecule has 1 saturated carbocycles. The van der Waals surface area contributed by atoms with E-state index in [-0.39, 0.29) is 71.3 Å². The number of rotatable bonds is 4. The number of hydrogen-bond donors (Lipinski definition) is 0. The van der Waals surface area contributed by atoms with Crippen molar-refractivity contribution < 1.29 is 97.4 Å². The van der Waals surface area contributed by atoms with Crippen LogP contribution >= 0.6 is 0 Å². The predicted molar refractivity (Wildman–Crippen MR) is 338 cm³/mol. The molecule has 0 heterocycles. The summed E-state index contributed by atoms with van der Waals surface area (Å²) in [4.78, 5) is 0. The molecule has 0 saturated heterocycles. The van der Waals surface area contributed by atoms with Crippen LogP contribution in [0.2, 0.25) is 0 Å². The van der Waals surface area contributed by atoms with E-state index in [1.807, 2.05) is 24.3 Å². The normalized spacial score (nSPS) is 13.8. The van der Waals surface area contributed by atoms with E-state index >= 15 is 0 Å². The van der Waals surface area contributed by atoms with Gasteiger partial charge in [0.15, 0.2) is 0 Å². The number of fused-ring (bicyclic) bond motifs is 6. The monoisotopic (exact) mass is 1520 g/mol. The second-order valence-electron chi connectivity index (χ2n) is 25.9. The van der Waals surface area contributed by atoms with E-state index in [0.29, 0.717) is 0 Å². The topological polar surface area (TPSA) is 0 Å². The molecule has 0 amide bonds. The zero-order valence-electron chi connectivity index (χ0n) is 51.9. The summed E-state index contributed by atoms with van der Waals surface area (Å²) in [5.41, 5.74) is 21.6. The molecule has 5 aliphatic rings. The predicted octanol–water partition coefficient (Wildman–Crippen LogP) is 8.07. The van der Waals surface area contributed by atoms with E-state index in [1.165, 1.54) is 143 Å². The molecule has 0 aromatic heterocycles. The van der Waals surface area contributed by atoms with Gasteiger partial charge in [-0.15, -0.1) is 35.1 Å². The van der Waals surface area contributed by atoms with Gasteiger partial charge in [-0.1, -0.05) is 131 Å². The summed E-state index contributed by atoms with van der Waals surface area (Å²) in [6.45, 7) is 27.2. The molecule has 0 bridgehead atoms. The fourth-order valence-corrected chi connectivity index (χ4v) is 13.2. The van der Waals surface area contributed by atoms with Crippen molar-refractivity contribution in [1.29, 1.82) is 0 Å². The van der Waals surface area contributed by atoms with Crippen molar-refractivity contribution in [3.8, 4) is 22.3 Å². The molecule has 0 nitrogen and oxygen atoms in total. The van der Waals surface area contributed by atoms with E-state index < -0.39 is 0 Å². The standard InChI is InChI=1S/2C21H25.C13H16.C13H10.2C5H5.4ClH.2Hf/c2*1-20(2,3)16-7-9-18-14(12-16)11-15-13-17(21(4,5)6)8-10-19(15)18;2*1-3-7-12(8-4-1)11-13-9-5-2-6-10-13;2*1-2-4-5-3-1;;;;;;/h2*7-10,12H,11H2,1-6H3;1,3-4,7-8,13H,2,5-6,9-10H2;1-10H;2*1-3H,4H2;4*1H;;/q2*-1;;;2*-1;;;;;2*+2/p-4. The molecular formula is C78H86Cl4Hf2-4. The van der Waals surface area contributed by atoms with Crippen molar-refractivity contribution in [2.75, 3.05) is 0 Å². The van der Waals surface area contributed by atoms with Crippen LogP contribution in [0.3, 0.4) is 0 Å². The molecule has 7 aromatic rings. The molecule has 0 radical (unpaired) electrons. The summed E-state index contributed by atoms with van der Waals surface area (Å²) in [5.74, 6) is 0.915. The fourth-order valence-electron chi connectivity index (χ4n) is 10.4. The van der Waals surface area contributed by atoms with Crippen LogP contribution in [-0.4, -0.2) is 6.51 Å². The van der Waals surface area contributed by atoms with E-state index in [0.717, 1.165) is 55.5 Å². The molecule has 5 aliphatic carbocycles. The maximum absolute atomic E-state index is 3.67. The molecule has 0 N–H and O–H groups in total. The second-order valence-corrected chi connectivity index (χ2v) is 29.6. The van der Waals surface area contributed by atoms with Gasteiger partial charge < -0.3 is 49.6 Å². The summed E-state index contributed by atoms with van der Waals surface area (Å²) in [6.07, 6.45) is 29.3. The van der Waals surface area contributed by atoms with Crippen LogP contribution in [0.5, 0.6) is 0 Å². The molecule has 7 aromatic carbocycles. The van der Waals surface area contributed by atoms with Crippen molar-refractivity contribution in [2.45, 2.75) is 163 Å². The van der Waals surface area contributed by atoms with Crippen molar-refractivity contribution in [3.05, 3.63) is 274 Å². The summed E-state index contributed by atoms with van der Waals surface area (Å²) in [5, 5.41) is 0. The number of allylic oxidation sites excluding steroid dienone is 8. The second kappa shape index (κ2) is 34.6. The van der Waals surface area contributed by atoms with Crippen LogP contribution in [0, 0.1) is 30.2 Å². The number of halogens is 4. The zero-order chi connectivity index (χ0) is 57.5. The van der Waals surface area contributed by atoms with E-state index in [2.05, 4.69) is 271 Å². The van der Waals surface area contributed by atoms with Gasteiger partial charge in [-0.3, -0.25) is 12.2 Å². The Morgan fingerprint density at radius 1 is 0.405 bits per heavy atom. The number of hydrogen-bond acceptors (Lipinski definition) is 0. The maximum atomic E-state index is 3.67. The Morgan fingerprint density at radius 3 is 1.07 bits per heavy atom. The summed E-state index contributed by atoms with van der Waals surface area (Å²) >= 11 is 2.32. The van der Waals surface area contributed by atoms with Gasteiger partial charge in [0.2, 0.25) is 0 Å². The van der Waals surface area contributed by atoms with E-state index in [9.17, 15) is 0 Å². The molecule has 6 heteroatoms. The molecule has 84 heavy (non-hydrogen) atoms. The van der Waals surface area contributed by atoms with Gasteiger partial charge in [0, 0.05) is 0 Å². The van der Waals surface area contributed by atoms with Gasteiger partial charge in [-0.2, -0.15) is 59.7 Å². The Morgan fingerprint density at radius 2 is 0.762 bits per heavy atom. The van der Waals surface area contributed by atoms with Crippen LogP contribution in [0.1, 0.15) is 189 Å². The third-order valence-corrected chi connectivity index (χ3v) is 19.9. The van der Waals surface area contributed by atoms with Gasteiger partial charge in [0.1, 0.15) is 0 Å². The third-order valence-electron chi connectivity index (χ3n) is 15.3. The summed E-state index contributed by atoms with van der Waals surface area (Å²) in [7, 11) is 0. The zero-order valence-corrected chi connectivity index (χ0v) is 62.1. The minimum atomic E-state index is 0. The van der Waals surface area contributed by atoms with Gasteiger partial charge in [-0.05, 0) is 56.8 Å². The van der Waals surface area contributed by atoms with Crippen LogP contribution in [-0.2, 0) is 82.3 Å². The first-order valence-corrected chi connectivity index (χ1v) is 32.8. The Bertz CT molecular complexity index is 2960. The van der Waals surface area contributed by atoms with E-state index in [1.54, 1.807) is 3.26 Å². The molecule has 0 spiro atoms. The molecule has 0 unspecified atom stereocenters. The molecular weight excluding hydrogens is 1440 g/mol. The van der Waals surface area contributed by atoms with Gasteiger partial charge in [-0.25, -0.2) is 24.3 Å². The quantitative estimate of drug-likeness (QED) is 0.124. The van der Waals surface area contributed by atoms with E-state index in [4.69, 9.17) is 0 Å². The molecule has 0 aliphatic heterocycles. The van der Waals surface area contributed by atoms with Crippen LogP contribution in [0.25, 0.3) is 22.3 Å². The molecule has 438 valence electrons. The Balaban J connectivity index is 0.000000276. The summed E-state index contributed by atoms with van der Waals surface area (Å²) < 4.78 is 3.21. The third kappa shape index (κ3) is 21.8. The molecule has 1 fully saturated rings. The van der Waals surface area contributed by atoms with Gasteiger partial charge in [0.25, 0.3) is 0 Å². The van der Waals surface area contributed by atoms with Crippen molar-refractivity contribution in [2.24, 2.45) is 5.92 Å². The van der Waals surface area contributed by atoms with Crippen molar-refractivity contribution in [1.82, 2.24) is 0 Å². The fraction of sp³-hybridized carbons (Fsp3) is 0.333. The first-order chi connectivity index (χ1) is 38.1. The Labute approximate surface area is 562 Å². The van der Waals surface area contributed by atoms with Crippen molar-refractivity contribution >= 4 is 6.51 Å². The first kappa shape index (κ1) is 74.4. The summed E-state index contributed by atoms with van der Waals surface area (Å²) in [6, 6.07) is 62.5. The average molecular weight is 1520 g/mol. The van der Waals surface area contributed by atoms with Gasteiger partial charge >= 0.3 is 200 Å². The molecule has 0 atom stereocenters. The first-order valence-electron chi connectivity index (χ1n) is 29.2. The van der Waals surface area contributed by atoms with Crippen LogP contribution < -0.4 is 49.6 Å². The SMILES string of the molecule is CC(C)(C)c1[c-]c2c(cc1)-c1ccc(C(C)(C)C)cc1C2.CC(C)(C)c1[c-]c2c(cc1)-c1ccc(C(C)(C)C)cc1C2.[C-]1=CC=CC1.[C-]1=CC=CC1.[Cl-].[Cl-].[Cl-].[Cl-].[Hf+2]=[C](c1ccccc1)C1CCCCC1.[Hf+2]=[C](c1ccccc1)c1ccccc1. The number of benzene rings is 7. The minimum absolute atomic E-state index is 0. The van der Waals surface area contributed by atoms with Crippen molar-refractivity contribution in [3.63, 3.8) is 0 Å². The van der Waals surface area contributed by atoms with Crippen LogP contribution in [0.4, 0.5) is 0 Å². The average Bonchev–Trinajstić information content (AvgIpc) is 2.67. The van der Waals surface area contributed by atoms with Gasteiger partial charge in [0.05, 0.1) is 0 Å². The Hall–Kier alpha value is -3.86.